The maximum Gasteiger partial charge on any atom is 0.168 e. The predicted octanol–water partition coefficient (Wildman–Crippen LogP) is 10.3. The molecule has 8 fully saturated rings. The average molecular weight is 737 g/mol. The smallest absolute Gasteiger partial charge is 0.168 e. The molecule has 0 aromatic heterocycles. The molecule has 0 unspecified atom stereocenters. The van der Waals surface area contributed by atoms with E-state index in [1.54, 1.807) is 0 Å². The van der Waals surface area contributed by atoms with Gasteiger partial charge < -0.3 is 37.9 Å². The van der Waals surface area contributed by atoms with Crippen molar-refractivity contribution in [3.8, 4) is 0 Å². The fourth-order valence-corrected chi connectivity index (χ4v) is 9.02. The summed E-state index contributed by atoms with van der Waals surface area (Å²) in [5.74, 6) is 4.32. The van der Waals surface area contributed by atoms with Crippen LogP contribution < -0.4 is 0 Å². The monoisotopic (exact) mass is 737 g/mol. The summed E-state index contributed by atoms with van der Waals surface area (Å²) in [6, 6.07) is 0. The van der Waals surface area contributed by atoms with Crippen molar-refractivity contribution in [3.05, 3.63) is 0 Å². The molecule has 4 spiro atoms. The lowest BCUT2D eigenvalue weighted by molar-refractivity contribution is -0.296. The Kier molecular flexibility index (Phi) is 16.2. The Labute approximate surface area is 318 Å². The molecular weight excluding hydrogens is 656 g/mol. The third-order valence-electron chi connectivity index (χ3n) is 13.8. The highest BCUT2D eigenvalue weighted by Gasteiger charge is 2.42. The zero-order chi connectivity index (χ0) is 37.2. The van der Waals surface area contributed by atoms with E-state index in [1.165, 1.54) is 77.0 Å². The minimum absolute atomic E-state index is 0.0185. The van der Waals surface area contributed by atoms with Gasteiger partial charge in [-0.1, -0.05) is 67.2 Å². The molecule has 4 aliphatic heterocycles. The van der Waals surface area contributed by atoms with Gasteiger partial charge in [-0.3, -0.25) is 0 Å². The van der Waals surface area contributed by atoms with E-state index in [4.69, 9.17) is 37.9 Å². The van der Waals surface area contributed by atoms with Crippen LogP contribution >= 0.6 is 0 Å². The molecule has 304 valence electrons. The Morgan fingerprint density at radius 2 is 0.538 bits per heavy atom. The molecule has 4 saturated carbocycles. The summed E-state index contributed by atoms with van der Waals surface area (Å²) in [4.78, 5) is 0. The molecule has 4 aliphatic carbocycles. The summed E-state index contributed by atoms with van der Waals surface area (Å²) in [5.41, 5.74) is 0.748. The van der Waals surface area contributed by atoms with E-state index in [0.29, 0.717) is 22.7 Å². The Balaban J connectivity index is 0.000000134. The van der Waals surface area contributed by atoms with Crippen LogP contribution in [0.1, 0.15) is 158 Å². The minimum Gasteiger partial charge on any atom is -0.352 e. The fraction of sp³-hybridized carbons (Fsp3) is 1.00. The average Bonchev–Trinajstić information content (AvgIpc) is 3.16. The lowest BCUT2D eigenvalue weighted by Crippen LogP contribution is -2.45. The van der Waals surface area contributed by atoms with E-state index in [-0.39, 0.29) is 24.2 Å². The molecule has 0 bridgehead atoms. The van der Waals surface area contributed by atoms with Gasteiger partial charge in [0, 0.05) is 48.3 Å². The van der Waals surface area contributed by atoms with E-state index in [2.05, 4.69) is 41.5 Å². The third-order valence-corrected chi connectivity index (χ3v) is 13.8. The zero-order valence-electron chi connectivity index (χ0n) is 34.9. The first-order valence-corrected chi connectivity index (χ1v) is 21.8. The van der Waals surface area contributed by atoms with Crippen molar-refractivity contribution in [3.63, 3.8) is 0 Å². The van der Waals surface area contributed by atoms with Gasteiger partial charge in [0.2, 0.25) is 0 Å². The zero-order valence-corrected chi connectivity index (χ0v) is 34.9. The normalized spacial score (nSPS) is 46.6. The van der Waals surface area contributed by atoms with Crippen LogP contribution in [0.2, 0.25) is 0 Å². The topological polar surface area (TPSA) is 73.8 Å². The maximum absolute atomic E-state index is 5.84. The summed E-state index contributed by atoms with van der Waals surface area (Å²) in [5, 5.41) is 0. The largest absolute Gasteiger partial charge is 0.352 e. The van der Waals surface area contributed by atoms with Crippen LogP contribution in [0.4, 0.5) is 0 Å². The molecular formula is C44H80O8. The molecule has 8 nitrogen and oxygen atoms in total. The van der Waals surface area contributed by atoms with Gasteiger partial charge in [-0.15, -0.1) is 0 Å². The Morgan fingerprint density at radius 1 is 0.308 bits per heavy atom. The minimum atomic E-state index is -0.182. The molecule has 8 rings (SSSR count). The second-order valence-corrected chi connectivity index (χ2v) is 19.4. The number of ether oxygens (including phenoxy) is 8. The van der Waals surface area contributed by atoms with Crippen LogP contribution in [0.3, 0.4) is 0 Å². The molecule has 52 heavy (non-hydrogen) atoms. The summed E-state index contributed by atoms with van der Waals surface area (Å²) >= 11 is 0. The van der Waals surface area contributed by atoms with Crippen molar-refractivity contribution in [2.75, 3.05) is 52.9 Å². The molecule has 0 atom stereocenters. The summed E-state index contributed by atoms with van der Waals surface area (Å²) in [6.45, 7) is 24.9. The quantitative estimate of drug-likeness (QED) is 0.243. The van der Waals surface area contributed by atoms with Gasteiger partial charge in [0.1, 0.15) is 0 Å². The molecule has 0 aromatic carbocycles. The van der Waals surface area contributed by atoms with Crippen molar-refractivity contribution in [1.29, 1.82) is 0 Å². The van der Waals surface area contributed by atoms with Gasteiger partial charge in [-0.25, -0.2) is 0 Å². The fourth-order valence-electron chi connectivity index (χ4n) is 9.02. The van der Waals surface area contributed by atoms with Crippen molar-refractivity contribution >= 4 is 0 Å². The van der Waals surface area contributed by atoms with Gasteiger partial charge in [-0.2, -0.15) is 0 Å². The van der Waals surface area contributed by atoms with Crippen molar-refractivity contribution in [2.24, 2.45) is 46.3 Å². The predicted molar refractivity (Wildman–Crippen MR) is 206 cm³/mol. The first-order chi connectivity index (χ1) is 24.8. The number of hydrogen-bond donors (Lipinski definition) is 0. The van der Waals surface area contributed by atoms with Gasteiger partial charge in [0.05, 0.1) is 52.9 Å². The van der Waals surface area contributed by atoms with Gasteiger partial charge in [0.15, 0.2) is 24.2 Å². The molecule has 0 amide bonds. The van der Waals surface area contributed by atoms with Crippen molar-refractivity contribution < 1.29 is 37.9 Å². The van der Waals surface area contributed by atoms with E-state index in [9.17, 15) is 0 Å². The van der Waals surface area contributed by atoms with Gasteiger partial charge >= 0.3 is 0 Å². The SMILES string of the molecule is CC1CCC2(CC1)COC(C)OC2.CC1CCC2(CC1)COC(C)OC2.CC1CCC2(CC1)OCC(C)CO2.CC1CCC2(CC1)OCC(C)CO2. The summed E-state index contributed by atoms with van der Waals surface area (Å²) in [6.07, 6.45) is 20.0. The highest BCUT2D eigenvalue weighted by Crippen LogP contribution is 2.43. The number of hydrogen-bond acceptors (Lipinski definition) is 8. The number of rotatable bonds is 0. The molecule has 0 aromatic rings. The first-order valence-electron chi connectivity index (χ1n) is 21.8. The van der Waals surface area contributed by atoms with Crippen LogP contribution in [0.5, 0.6) is 0 Å². The van der Waals surface area contributed by atoms with E-state index >= 15 is 0 Å². The molecule has 8 heteroatoms. The van der Waals surface area contributed by atoms with Crippen LogP contribution in [0.25, 0.3) is 0 Å². The van der Waals surface area contributed by atoms with Crippen LogP contribution in [-0.2, 0) is 37.9 Å². The third kappa shape index (κ3) is 12.9. The molecule has 4 heterocycles. The molecule has 4 saturated heterocycles. The molecule has 8 aliphatic rings. The van der Waals surface area contributed by atoms with Crippen molar-refractivity contribution in [1.82, 2.24) is 0 Å². The second kappa shape index (κ2) is 19.7. The highest BCUT2D eigenvalue weighted by atomic mass is 16.7. The molecule has 0 N–H and O–H groups in total. The highest BCUT2D eigenvalue weighted by molar-refractivity contribution is 4.88. The van der Waals surface area contributed by atoms with Crippen LogP contribution in [0.15, 0.2) is 0 Å². The standard InChI is InChI=1S/4C11H20O2/c2*1-9-3-5-11(6-4-9)7-12-10(2)13-8-11;2*1-9-3-5-11(6-4-9)12-7-10(2)8-13-11/h4*9-10H,3-8H2,1-2H3. The lowest BCUT2D eigenvalue weighted by atomic mass is 9.71. The second-order valence-electron chi connectivity index (χ2n) is 19.4. The first kappa shape index (κ1) is 42.8. The van der Waals surface area contributed by atoms with Crippen molar-refractivity contribution in [2.45, 2.75) is 182 Å². The Bertz CT molecular complexity index is 718. The summed E-state index contributed by atoms with van der Waals surface area (Å²) in [7, 11) is 0. The molecule has 0 radical (unpaired) electrons. The Morgan fingerprint density at radius 3 is 0.788 bits per heavy atom. The van der Waals surface area contributed by atoms with Crippen LogP contribution in [-0.4, -0.2) is 77.0 Å². The van der Waals surface area contributed by atoms with Crippen LogP contribution in [0, 0.1) is 46.3 Å². The van der Waals surface area contributed by atoms with E-state index < -0.39 is 0 Å². The Hall–Kier alpha value is -0.320. The van der Waals surface area contributed by atoms with Gasteiger partial charge in [-0.05, 0) is 88.9 Å². The maximum atomic E-state index is 5.84. The summed E-state index contributed by atoms with van der Waals surface area (Å²) < 4.78 is 45.7. The van der Waals surface area contributed by atoms with Gasteiger partial charge in [0.25, 0.3) is 0 Å². The van der Waals surface area contributed by atoms with E-state index in [1.807, 2.05) is 13.8 Å². The van der Waals surface area contributed by atoms with E-state index in [0.717, 1.165) is 102 Å². The lowest BCUT2D eigenvalue weighted by Gasteiger charge is -2.43.